The highest BCUT2D eigenvalue weighted by molar-refractivity contribution is 7.40. The molecule has 4 heterocycles. The van der Waals surface area contributed by atoms with Gasteiger partial charge in [-0.25, -0.2) is 0 Å². The Kier molecular flexibility index (Phi) is 13.4. The van der Waals surface area contributed by atoms with Crippen LogP contribution in [0.1, 0.15) is 128 Å². The normalized spacial score (nSPS) is 11.7. The summed E-state index contributed by atoms with van der Waals surface area (Å²) < 4.78 is 1.47. The number of rotatable bonds is 20. The predicted molar refractivity (Wildman–Crippen MR) is 179 cm³/mol. The third-order valence-corrected chi connectivity index (χ3v) is 12.4. The van der Waals surface area contributed by atoms with E-state index in [1.54, 1.807) is 11.1 Å². The predicted octanol–water partition coefficient (Wildman–Crippen LogP) is 13.8. The minimum absolute atomic E-state index is 1.23. The Hall–Kier alpha value is -0.940. The first-order valence-corrected chi connectivity index (χ1v) is 18.9. The lowest BCUT2D eigenvalue weighted by Gasteiger charge is -2.03. The number of fused-ring (bicyclic) bond motifs is 1. The van der Waals surface area contributed by atoms with Crippen molar-refractivity contribution in [3.05, 3.63) is 46.2 Å². The van der Waals surface area contributed by atoms with Crippen molar-refractivity contribution < 1.29 is 0 Å². The molecule has 0 radical (unpaired) electrons. The zero-order valence-electron chi connectivity index (χ0n) is 23.8. The molecule has 4 heteroatoms. The second kappa shape index (κ2) is 17.0. The first kappa shape index (κ1) is 30.0. The zero-order valence-corrected chi connectivity index (χ0v) is 27.1. The molecule has 38 heavy (non-hydrogen) atoms. The monoisotopic (exact) mass is 584 g/mol. The highest BCUT2D eigenvalue weighted by atomic mass is 32.2. The first-order valence-electron chi connectivity index (χ1n) is 15.5. The molecule has 4 rings (SSSR count). The molecule has 0 nitrogen and oxygen atoms in total. The van der Waals surface area contributed by atoms with Crippen LogP contribution in [0.15, 0.2) is 35.0 Å². The first-order chi connectivity index (χ1) is 18.8. The summed E-state index contributed by atoms with van der Waals surface area (Å²) in [6, 6.07) is 9.75. The minimum Gasteiger partial charge on any atom is -0.143 e. The van der Waals surface area contributed by atoms with Gasteiger partial charge >= 0.3 is 0 Å². The van der Waals surface area contributed by atoms with Crippen LogP contribution < -0.4 is 0 Å². The highest BCUT2D eigenvalue weighted by Gasteiger charge is 2.16. The van der Waals surface area contributed by atoms with Crippen molar-refractivity contribution in [2.24, 2.45) is 0 Å². The van der Waals surface area contributed by atoms with Crippen molar-refractivity contribution in [1.29, 1.82) is 0 Å². The molecule has 0 aliphatic rings. The van der Waals surface area contributed by atoms with Gasteiger partial charge in [0.2, 0.25) is 0 Å². The quantitative estimate of drug-likeness (QED) is 0.0906. The van der Waals surface area contributed by atoms with Crippen molar-refractivity contribution >= 4 is 54.7 Å². The molecule has 0 atom stereocenters. The average molecular weight is 585 g/mol. The van der Waals surface area contributed by atoms with Crippen LogP contribution in [0.25, 0.3) is 28.9 Å². The van der Waals surface area contributed by atoms with Gasteiger partial charge in [-0.2, -0.15) is 0 Å². The average Bonchev–Trinajstić information content (AvgIpc) is 3.71. The number of hydrogen-bond donors (Lipinski definition) is 0. The van der Waals surface area contributed by atoms with E-state index in [1.165, 1.54) is 144 Å². The standard InChI is InChI=1S/C34H48S4/c1-3-5-7-9-11-13-15-17-19-27-23-30(36-26-27)31-24-28(20-18-16-14-12-10-8-6-4-2)33(37-31)32-25-29-21-22-35-34(29)38-32/h21-26H,3-20H2,1-2H3. The summed E-state index contributed by atoms with van der Waals surface area (Å²) in [5.41, 5.74) is 3.13. The summed E-state index contributed by atoms with van der Waals surface area (Å²) in [6.45, 7) is 4.60. The Morgan fingerprint density at radius 2 is 1.18 bits per heavy atom. The molecule has 4 aromatic rings. The minimum atomic E-state index is 1.23. The molecular formula is C34H48S4. The van der Waals surface area contributed by atoms with Crippen molar-refractivity contribution in [3.8, 4) is 19.5 Å². The van der Waals surface area contributed by atoms with E-state index >= 15 is 0 Å². The van der Waals surface area contributed by atoms with Crippen LogP contribution in [-0.2, 0) is 12.8 Å². The number of aryl methyl sites for hydroxylation is 2. The largest absolute Gasteiger partial charge is 0.143 e. The van der Waals surface area contributed by atoms with E-state index in [0.717, 1.165) is 0 Å². The maximum atomic E-state index is 2.54. The van der Waals surface area contributed by atoms with Crippen LogP contribution in [-0.4, -0.2) is 0 Å². The van der Waals surface area contributed by atoms with E-state index in [-0.39, 0.29) is 0 Å². The summed E-state index contributed by atoms with van der Waals surface area (Å²) in [7, 11) is 0. The van der Waals surface area contributed by atoms with Gasteiger partial charge in [0, 0.05) is 24.9 Å². The van der Waals surface area contributed by atoms with Gasteiger partial charge in [0.1, 0.15) is 0 Å². The van der Waals surface area contributed by atoms with Gasteiger partial charge in [0.05, 0.1) is 4.01 Å². The summed E-state index contributed by atoms with van der Waals surface area (Å²) in [5.74, 6) is 0. The second-order valence-electron chi connectivity index (χ2n) is 11.0. The lowest BCUT2D eigenvalue weighted by molar-refractivity contribution is 0.575. The van der Waals surface area contributed by atoms with Crippen molar-refractivity contribution in [1.82, 2.24) is 0 Å². The van der Waals surface area contributed by atoms with Gasteiger partial charge in [-0.05, 0) is 71.8 Å². The van der Waals surface area contributed by atoms with Crippen molar-refractivity contribution in [3.63, 3.8) is 0 Å². The lowest BCUT2D eigenvalue weighted by Crippen LogP contribution is -1.86. The Labute approximate surface area is 248 Å². The molecule has 0 amide bonds. The van der Waals surface area contributed by atoms with E-state index in [9.17, 15) is 0 Å². The highest BCUT2D eigenvalue weighted by Crippen LogP contribution is 2.45. The van der Waals surface area contributed by atoms with Crippen LogP contribution in [0, 0.1) is 0 Å². The molecule has 0 aromatic carbocycles. The summed E-state index contributed by atoms with van der Waals surface area (Å²) in [6.07, 6.45) is 24.8. The fourth-order valence-corrected chi connectivity index (χ4v) is 9.86. The van der Waals surface area contributed by atoms with E-state index < -0.39 is 0 Å². The van der Waals surface area contributed by atoms with Crippen LogP contribution in [0.4, 0.5) is 0 Å². The molecule has 0 aliphatic heterocycles. The van der Waals surface area contributed by atoms with Gasteiger partial charge in [-0.3, -0.25) is 0 Å². The van der Waals surface area contributed by atoms with Crippen LogP contribution >= 0.6 is 45.3 Å². The Morgan fingerprint density at radius 3 is 1.84 bits per heavy atom. The topological polar surface area (TPSA) is 0 Å². The third kappa shape index (κ3) is 9.32. The smallest absolute Gasteiger partial charge is 0.0871 e. The molecule has 0 spiro atoms. The molecule has 0 saturated heterocycles. The van der Waals surface area contributed by atoms with Crippen molar-refractivity contribution in [2.75, 3.05) is 0 Å². The molecule has 0 N–H and O–H groups in total. The SMILES string of the molecule is CCCCCCCCCCc1csc(-c2cc(CCCCCCCCCC)c(-c3cc4ccsc4s3)s2)c1. The Bertz CT molecular complexity index is 1140. The summed E-state index contributed by atoms with van der Waals surface area (Å²) in [5, 5.41) is 6.08. The van der Waals surface area contributed by atoms with Gasteiger partial charge in [-0.15, -0.1) is 45.3 Å². The molecule has 0 bridgehead atoms. The molecule has 208 valence electrons. The Morgan fingerprint density at radius 1 is 0.553 bits per heavy atom. The van der Waals surface area contributed by atoms with Gasteiger partial charge in [-0.1, -0.05) is 104 Å². The number of hydrogen-bond acceptors (Lipinski definition) is 4. The zero-order chi connectivity index (χ0) is 26.4. The number of thiophene rings is 4. The molecule has 0 aliphatic carbocycles. The van der Waals surface area contributed by atoms with Gasteiger partial charge in [0.25, 0.3) is 0 Å². The van der Waals surface area contributed by atoms with Gasteiger partial charge in [0.15, 0.2) is 0 Å². The van der Waals surface area contributed by atoms with E-state index in [2.05, 4.69) is 48.9 Å². The maximum Gasteiger partial charge on any atom is 0.0871 e. The van der Waals surface area contributed by atoms with E-state index in [4.69, 9.17) is 0 Å². The molecule has 0 fully saturated rings. The third-order valence-electron chi connectivity index (χ3n) is 7.70. The molecule has 4 aromatic heterocycles. The fourth-order valence-electron chi connectivity index (χ4n) is 5.37. The van der Waals surface area contributed by atoms with Crippen LogP contribution in [0.5, 0.6) is 0 Å². The molecule has 0 saturated carbocycles. The van der Waals surface area contributed by atoms with E-state index in [1.807, 2.05) is 45.3 Å². The Balaban J connectivity index is 1.33. The van der Waals surface area contributed by atoms with Crippen LogP contribution in [0.2, 0.25) is 0 Å². The van der Waals surface area contributed by atoms with E-state index in [0.29, 0.717) is 0 Å². The van der Waals surface area contributed by atoms with Crippen LogP contribution in [0.3, 0.4) is 0 Å². The number of unbranched alkanes of at least 4 members (excludes halogenated alkanes) is 14. The second-order valence-corrected chi connectivity index (χ2v) is 15.2. The molecular weight excluding hydrogens is 537 g/mol. The summed E-state index contributed by atoms with van der Waals surface area (Å²) >= 11 is 7.89. The lowest BCUT2D eigenvalue weighted by atomic mass is 10.0. The maximum absolute atomic E-state index is 2.54. The molecule has 0 unspecified atom stereocenters. The van der Waals surface area contributed by atoms with Gasteiger partial charge < -0.3 is 0 Å². The van der Waals surface area contributed by atoms with Crippen molar-refractivity contribution in [2.45, 2.75) is 129 Å². The summed E-state index contributed by atoms with van der Waals surface area (Å²) in [4.78, 5) is 5.98. The fraction of sp³-hybridized carbons (Fsp3) is 0.588.